The van der Waals surface area contributed by atoms with E-state index in [2.05, 4.69) is 0 Å². The highest BCUT2D eigenvalue weighted by atomic mass is 32.2. The molecule has 3 rings (SSSR count). The van der Waals surface area contributed by atoms with Gasteiger partial charge < -0.3 is 5.11 Å². The van der Waals surface area contributed by atoms with Gasteiger partial charge in [-0.25, -0.2) is 9.18 Å². The smallest absolute Gasteiger partial charge is 0.335 e. The zero-order chi connectivity index (χ0) is 18.1. The fourth-order valence-corrected chi connectivity index (χ4v) is 3.75. The molecular formula is C18H12FNO3S2. The Morgan fingerprint density at radius 1 is 1.08 bits per heavy atom. The van der Waals surface area contributed by atoms with Crippen LogP contribution in [0.3, 0.4) is 0 Å². The number of nitrogens with zero attached hydrogens (tertiary/aromatic N) is 1. The number of aromatic carboxylic acids is 1. The average Bonchev–Trinajstić information content (AvgIpc) is 2.89. The van der Waals surface area contributed by atoms with Gasteiger partial charge in [0.25, 0.3) is 5.91 Å². The Balaban J connectivity index is 1.95. The van der Waals surface area contributed by atoms with E-state index in [1.807, 2.05) is 0 Å². The van der Waals surface area contributed by atoms with E-state index in [-0.39, 0.29) is 17.3 Å². The number of carboxylic acid groups (broad SMARTS) is 1. The normalized spacial score (nSPS) is 16.3. The van der Waals surface area contributed by atoms with E-state index in [1.54, 1.807) is 31.2 Å². The van der Waals surface area contributed by atoms with Crippen LogP contribution in [-0.4, -0.2) is 21.3 Å². The van der Waals surface area contributed by atoms with Crippen molar-refractivity contribution in [3.8, 4) is 0 Å². The lowest BCUT2D eigenvalue weighted by Gasteiger charge is -2.14. The van der Waals surface area contributed by atoms with E-state index in [9.17, 15) is 14.0 Å². The Bertz CT molecular complexity index is 905. The molecule has 1 N–H and O–H groups in total. The molecule has 0 saturated carbocycles. The molecule has 0 radical (unpaired) electrons. The van der Waals surface area contributed by atoms with E-state index in [0.29, 0.717) is 20.5 Å². The molecular weight excluding hydrogens is 361 g/mol. The van der Waals surface area contributed by atoms with E-state index in [4.69, 9.17) is 17.3 Å². The first-order chi connectivity index (χ1) is 11.9. The molecule has 2 aromatic rings. The number of amides is 1. The summed E-state index contributed by atoms with van der Waals surface area (Å²) in [5, 5.41) is 8.96. The molecule has 126 valence electrons. The van der Waals surface area contributed by atoms with Crippen LogP contribution in [0.15, 0.2) is 53.4 Å². The summed E-state index contributed by atoms with van der Waals surface area (Å²) in [7, 11) is 0. The van der Waals surface area contributed by atoms with Crippen LogP contribution in [0, 0.1) is 5.82 Å². The van der Waals surface area contributed by atoms with E-state index >= 15 is 0 Å². The van der Waals surface area contributed by atoms with Gasteiger partial charge >= 0.3 is 5.97 Å². The molecule has 2 aromatic carbocycles. The minimum Gasteiger partial charge on any atom is -0.478 e. The third-order valence-corrected chi connectivity index (χ3v) is 5.23. The fraction of sp³-hybridized carbons (Fsp3) is 0.0556. The van der Waals surface area contributed by atoms with Gasteiger partial charge in [0.15, 0.2) is 4.32 Å². The maximum atomic E-state index is 13.1. The predicted octanol–water partition coefficient (Wildman–Crippen LogP) is 4.32. The summed E-state index contributed by atoms with van der Waals surface area (Å²) in [6.07, 6.45) is 0. The molecule has 25 heavy (non-hydrogen) atoms. The van der Waals surface area contributed by atoms with Crippen molar-refractivity contribution in [2.75, 3.05) is 4.90 Å². The van der Waals surface area contributed by atoms with Crippen molar-refractivity contribution in [2.45, 2.75) is 6.92 Å². The molecule has 0 unspecified atom stereocenters. The van der Waals surface area contributed by atoms with E-state index in [0.717, 1.165) is 5.56 Å². The summed E-state index contributed by atoms with van der Waals surface area (Å²) < 4.78 is 13.4. The SMILES string of the molecule is CC(=C1SC(=S)N(c2ccc(C(=O)O)cc2)C1=O)c1ccc(F)cc1. The van der Waals surface area contributed by atoms with Gasteiger partial charge in [-0.1, -0.05) is 36.1 Å². The number of benzene rings is 2. The van der Waals surface area contributed by atoms with Crippen LogP contribution in [-0.2, 0) is 4.79 Å². The Hall–Kier alpha value is -2.51. The molecule has 1 saturated heterocycles. The molecule has 0 aromatic heterocycles. The van der Waals surface area contributed by atoms with Gasteiger partial charge in [0.05, 0.1) is 16.2 Å². The molecule has 1 amide bonds. The van der Waals surface area contributed by atoms with Gasteiger partial charge in [0.1, 0.15) is 5.82 Å². The highest BCUT2D eigenvalue weighted by Gasteiger charge is 2.34. The van der Waals surface area contributed by atoms with Crippen LogP contribution in [0.1, 0.15) is 22.8 Å². The number of halogens is 1. The molecule has 1 fully saturated rings. The second kappa shape index (κ2) is 6.78. The zero-order valence-corrected chi connectivity index (χ0v) is 14.7. The van der Waals surface area contributed by atoms with Gasteiger partial charge in [0.2, 0.25) is 0 Å². The van der Waals surface area contributed by atoms with Crippen LogP contribution in [0.4, 0.5) is 10.1 Å². The third-order valence-electron chi connectivity index (χ3n) is 3.76. The van der Waals surface area contributed by atoms with Crippen LogP contribution in [0.2, 0.25) is 0 Å². The Morgan fingerprint density at radius 3 is 2.20 bits per heavy atom. The molecule has 1 aliphatic heterocycles. The minimum atomic E-state index is -1.04. The lowest BCUT2D eigenvalue weighted by Crippen LogP contribution is -2.27. The fourth-order valence-electron chi connectivity index (χ4n) is 2.40. The number of carboxylic acids is 1. The number of anilines is 1. The lowest BCUT2D eigenvalue weighted by atomic mass is 10.1. The summed E-state index contributed by atoms with van der Waals surface area (Å²) in [6, 6.07) is 11.8. The first-order valence-electron chi connectivity index (χ1n) is 7.25. The third kappa shape index (κ3) is 3.33. The summed E-state index contributed by atoms with van der Waals surface area (Å²) >= 11 is 6.48. The summed E-state index contributed by atoms with van der Waals surface area (Å²) in [5.41, 5.74) is 2.09. The number of hydrogen-bond acceptors (Lipinski definition) is 4. The lowest BCUT2D eigenvalue weighted by molar-refractivity contribution is -0.113. The summed E-state index contributed by atoms with van der Waals surface area (Å²) in [6.45, 7) is 1.78. The van der Waals surface area contributed by atoms with Gasteiger partial charge in [-0.15, -0.1) is 0 Å². The van der Waals surface area contributed by atoms with E-state index in [1.165, 1.54) is 40.9 Å². The zero-order valence-electron chi connectivity index (χ0n) is 13.0. The molecule has 4 nitrogen and oxygen atoms in total. The average molecular weight is 373 g/mol. The van der Waals surface area contributed by atoms with Gasteiger partial charge in [-0.2, -0.15) is 0 Å². The highest BCUT2D eigenvalue weighted by molar-refractivity contribution is 8.27. The number of carbonyl (C=O) groups excluding carboxylic acids is 1. The second-order valence-electron chi connectivity index (χ2n) is 5.32. The number of hydrogen-bond donors (Lipinski definition) is 1. The molecule has 1 heterocycles. The highest BCUT2D eigenvalue weighted by Crippen LogP contribution is 2.39. The summed E-state index contributed by atoms with van der Waals surface area (Å²) in [5.74, 6) is -1.66. The first-order valence-corrected chi connectivity index (χ1v) is 8.47. The number of allylic oxidation sites excluding steroid dienone is 1. The Kier molecular flexibility index (Phi) is 4.69. The predicted molar refractivity (Wildman–Crippen MR) is 100 cm³/mol. The molecule has 0 aliphatic carbocycles. The van der Waals surface area contributed by atoms with Crippen molar-refractivity contribution >= 4 is 51.4 Å². The summed E-state index contributed by atoms with van der Waals surface area (Å²) in [4.78, 5) is 25.6. The van der Waals surface area contributed by atoms with Gasteiger partial charge in [0, 0.05) is 0 Å². The maximum absolute atomic E-state index is 13.1. The maximum Gasteiger partial charge on any atom is 0.335 e. The number of thiocarbonyl (C=S) groups is 1. The second-order valence-corrected chi connectivity index (χ2v) is 6.97. The number of thioether (sulfide) groups is 1. The van der Waals surface area contributed by atoms with Crippen molar-refractivity contribution in [2.24, 2.45) is 0 Å². The minimum absolute atomic E-state index is 0.132. The van der Waals surface area contributed by atoms with Crippen molar-refractivity contribution in [1.82, 2.24) is 0 Å². The Morgan fingerprint density at radius 2 is 1.64 bits per heavy atom. The van der Waals surface area contributed by atoms with Crippen molar-refractivity contribution in [3.63, 3.8) is 0 Å². The topological polar surface area (TPSA) is 57.6 Å². The first kappa shape index (κ1) is 17.3. The monoisotopic (exact) mass is 373 g/mol. The molecule has 0 spiro atoms. The van der Waals surface area contributed by atoms with Gasteiger partial charge in [-0.05, 0) is 54.5 Å². The van der Waals surface area contributed by atoms with Crippen molar-refractivity contribution < 1.29 is 19.1 Å². The van der Waals surface area contributed by atoms with Gasteiger partial charge in [-0.3, -0.25) is 9.69 Å². The van der Waals surface area contributed by atoms with E-state index < -0.39 is 5.97 Å². The van der Waals surface area contributed by atoms with Crippen LogP contribution in [0.5, 0.6) is 0 Å². The number of rotatable bonds is 3. The van der Waals surface area contributed by atoms with Crippen LogP contribution >= 0.6 is 24.0 Å². The largest absolute Gasteiger partial charge is 0.478 e. The molecule has 0 bridgehead atoms. The molecule has 7 heteroatoms. The van der Waals surface area contributed by atoms with Crippen LogP contribution in [0.25, 0.3) is 5.57 Å². The Labute approximate surface area is 153 Å². The molecule has 1 aliphatic rings. The van der Waals surface area contributed by atoms with Crippen molar-refractivity contribution in [3.05, 3.63) is 70.4 Å². The molecule has 0 atom stereocenters. The van der Waals surface area contributed by atoms with Crippen molar-refractivity contribution in [1.29, 1.82) is 0 Å². The number of carbonyl (C=O) groups is 2. The quantitative estimate of drug-likeness (QED) is 0.641. The standard InChI is InChI=1S/C18H12FNO3S2/c1-10(11-2-6-13(19)7-3-11)15-16(21)20(18(24)25-15)14-8-4-12(5-9-14)17(22)23/h2-9H,1H3,(H,22,23). The van der Waals surface area contributed by atoms with Crippen LogP contribution < -0.4 is 4.90 Å².